The second kappa shape index (κ2) is 5.80. The molecule has 1 aliphatic rings. The number of benzene rings is 1. The molecule has 1 aliphatic carbocycles. The van der Waals surface area contributed by atoms with E-state index < -0.39 is 0 Å². The number of pyridine rings is 1. The van der Waals surface area contributed by atoms with Gasteiger partial charge in [-0.1, -0.05) is 18.6 Å². The van der Waals surface area contributed by atoms with E-state index in [1.165, 1.54) is 19.3 Å². The number of rotatable bonds is 3. The van der Waals surface area contributed by atoms with Crippen LogP contribution in [0.15, 0.2) is 30.3 Å². The smallest absolute Gasteiger partial charge is 0.130 e. The van der Waals surface area contributed by atoms with Crippen LogP contribution in [0.4, 0.5) is 0 Å². The minimum atomic E-state index is 0.249. The number of ether oxygens (including phenoxy) is 1. The number of aryl methyl sites for hydroxylation is 1. The van der Waals surface area contributed by atoms with Crippen molar-refractivity contribution in [3.8, 4) is 5.75 Å². The molecular formula is C17H22N2O. The molecule has 2 unspecified atom stereocenters. The van der Waals surface area contributed by atoms with Crippen molar-refractivity contribution >= 4 is 10.9 Å². The average molecular weight is 270 g/mol. The Labute approximate surface area is 120 Å². The Morgan fingerprint density at radius 2 is 2.05 bits per heavy atom. The van der Waals surface area contributed by atoms with Crippen molar-refractivity contribution < 1.29 is 4.74 Å². The number of hydrogen-bond donors (Lipinski definition) is 1. The maximum atomic E-state index is 6.33. The minimum absolute atomic E-state index is 0.249. The predicted octanol–water partition coefficient (Wildman–Crippen LogP) is 3.44. The van der Waals surface area contributed by atoms with Crippen LogP contribution in [-0.2, 0) is 0 Å². The van der Waals surface area contributed by atoms with Gasteiger partial charge in [0.15, 0.2) is 0 Å². The van der Waals surface area contributed by atoms with E-state index in [1.54, 1.807) is 0 Å². The monoisotopic (exact) mass is 270 g/mol. The van der Waals surface area contributed by atoms with Gasteiger partial charge in [-0.2, -0.15) is 0 Å². The fraction of sp³-hybridized carbons (Fsp3) is 0.471. The molecule has 1 aromatic heterocycles. The normalized spacial score (nSPS) is 22.9. The Morgan fingerprint density at radius 1 is 1.25 bits per heavy atom. The SMILES string of the molecule is Cc1cc(OC2CCCCC2CN)c2ccccc2n1. The van der Waals surface area contributed by atoms with Gasteiger partial charge in [0.25, 0.3) is 0 Å². The van der Waals surface area contributed by atoms with Crippen LogP contribution in [-0.4, -0.2) is 17.6 Å². The third-order valence-electron chi connectivity index (χ3n) is 4.23. The molecule has 0 bridgehead atoms. The summed E-state index contributed by atoms with van der Waals surface area (Å²) in [4.78, 5) is 4.56. The number of fused-ring (bicyclic) bond motifs is 1. The van der Waals surface area contributed by atoms with E-state index >= 15 is 0 Å². The van der Waals surface area contributed by atoms with Crippen molar-refractivity contribution in [2.24, 2.45) is 11.7 Å². The van der Waals surface area contributed by atoms with Crippen molar-refractivity contribution in [1.82, 2.24) is 4.98 Å². The predicted molar refractivity (Wildman–Crippen MR) is 81.9 cm³/mol. The molecule has 106 valence electrons. The summed E-state index contributed by atoms with van der Waals surface area (Å²) in [5.41, 5.74) is 7.90. The van der Waals surface area contributed by atoms with Crippen LogP contribution in [0.1, 0.15) is 31.4 Å². The van der Waals surface area contributed by atoms with E-state index in [9.17, 15) is 0 Å². The molecule has 0 saturated heterocycles. The number of hydrogen-bond acceptors (Lipinski definition) is 3. The summed E-state index contributed by atoms with van der Waals surface area (Å²) in [5, 5.41) is 1.10. The highest BCUT2D eigenvalue weighted by Gasteiger charge is 2.26. The Bertz CT molecular complexity index is 597. The van der Waals surface area contributed by atoms with E-state index in [4.69, 9.17) is 10.5 Å². The number of para-hydroxylation sites is 1. The zero-order chi connectivity index (χ0) is 13.9. The van der Waals surface area contributed by atoms with Gasteiger partial charge < -0.3 is 10.5 Å². The first-order valence-corrected chi connectivity index (χ1v) is 7.51. The van der Waals surface area contributed by atoms with Crippen LogP contribution in [0.5, 0.6) is 5.75 Å². The molecule has 20 heavy (non-hydrogen) atoms. The minimum Gasteiger partial charge on any atom is -0.489 e. The summed E-state index contributed by atoms with van der Waals surface area (Å²) in [7, 11) is 0. The average Bonchev–Trinajstić information content (AvgIpc) is 2.47. The Kier molecular flexibility index (Phi) is 3.88. The fourth-order valence-electron chi connectivity index (χ4n) is 3.13. The summed E-state index contributed by atoms with van der Waals surface area (Å²) in [6.07, 6.45) is 5.06. The maximum absolute atomic E-state index is 6.33. The van der Waals surface area contributed by atoms with Gasteiger partial charge in [-0.25, -0.2) is 0 Å². The third kappa shape index (κ3) is 2.63. The summed E-state index contributed by atoms with van der Waals surface area (Å²) >= 11 is 0. The standard InChI is InChI=1S/C17H22N2O/c1-12-10-17(14-7-3-4-8-15(14)19-12)20-16-9-5-2-6-13(16)11-18/h3-4,7-8,10,13,16H,2,5-6,9,11,18H2,1H3. The molecule has 2 aromatic rings. The van der Waals surface area contributed by atoms with Crippen molar-refractivity contribution in [2.45, 2.75) is 38.7 Å². The largest absolute Gasteiger partial charge is 0.489 e. The van der Waals surface area contributed by atoms with E-state index in [0.29, 0.717) is 12.5 Å². The molecule has 1 fully saturated rings. The Hall–Kier alpha value is -1.61. The van der Waals surface area contributed by atoms with E-state index in [-0.39, 0.29) is 6.10 Å². The molecule has 2 atom stereocenters. The second-order valence-corrected chi connectivity index (χ2v) is 5.72. The molecular weight excluding hydrogens is 248 g/mol. The van der Waals surface area contributed by atoms with Gasteiger partial charge in [0.1, 0.15) is 11.9 Å². The Balaban J connectivity index is 1.93. The third-order valence-corrected chi connectivity index (χ3v) is 4.23. The van der Waals surface area contributed by atoms with Crippen molar-refractivity contribution in [2.75, 3.05) is 6.54 Å². The van der Waals surface area contributed by atoms with Gasteiger partial charge in [-0.15, -0.1) is 0 Å². The van der Waals surface area contributed by atoms with Crippen LogP contribution < -0.4 is 10.5 Å². The highest BCUT2D eigenvalue weighted by atomic mass is 16.5. The molecule has 3 heteroatoms. The quantitative estimate of drug-likeness (QED) is 0.929. The van der Waals surface area contributed by atoms with Gasteiger partial charge in [0.2, 0.25) is 0 Å². The summed E-state index contributed by atoms with van der Waals surface area (Å²) in [5.74, 6) is 1.44. The number of nitrogens with zero attached hydrogens (tertiary/aromatic N) is 1. The number of aromatic nitrogens is 1. The summed E-state index contributed by atoms with van der Waals surface area (Å²) in [6, 6.07) is 10.2. The molecule has 3 nitrogen and oxygen atoms in total. The molecule has 3 rings (SSSR count). The second-order valence-electron chi connectivity index (χ2n) is 5.72. The lowest BCUT2D eigenvalue weighted by atomic mass is 9.86. The van der Waals surface area contributed by atoms with Gasteiger partial charge in [-0.05, 0) is 44.9 Å². The van der Waals surface area contributed by atoms with Crippen LogP contribution in [0.2, 0.25) is 0 Å². The van der Waals surface area contributed by atoms with E-state index in [1.807, 2.05) is 31.2 Å². The molecule has 0 amide bonds. The highest BCUT2D eigenvalue weighted by Crippen LogP contribution is 2.31. The molecule has 1 heterocycles. The van der Waals surface area contributed by atoms with Crippen LogP contribution >= 0.6 is 0 Å². The summed E-state index contributed by atoms with van der Waals surface area (Å²) in [6.45, 7) is 2.73. The highest BCUT2D eigenvalue weighted by molar-refractivity contribution is 5.85. The first-order chi connectivity index (χ1) is 9.78. The summed E-state index contributed by atoms with van der Waals surface area (Å²) < 4.78 is 6.33. The lowest BCUT2D eigenvalue weighted by Crippen LogP contribution is -2.35. The van der Waals surface area contributed by atoms with Crippen molar-refractivity contribution in [3.63, 3.8) is 0 Å². The topological polar surface area (TPSA) is 48.1 Å². The fourth-order valence-corrected chi connectivity index (χ4v) is 3.13. The lowest BCUT2D eigenvalue weighted by Gasteiger charge is -2.31. The van der Waals surface area contributed by atoms with E-state index in [0.717, 1.165) is 28.8 Å². The first kappa shape index (κ1) is 13.4. The first-order valence-electron chi connectivity index (χ1n) is 7.51. The maximum Gasteiger partial charge on any atom is 0.130 e. The Morgan fingerprint density at radius 3 is 2.90 bits per heavy atom. The number of nitrogens with two attached hydrogens (primary N) is 1. The molecule has 0 spiro atoms. The molecule has 0 aliphatic heterocycles. The molecule has 0 radical (unpaired) electrons. The molecule has 1 saturated carbocycles. The van der Waals surface area contributed by atoms with Crippen LogP contribution in [0, 0.1) is 12.8 Å². The zero-order valence-electron chi connectivity index (χ0n) is 12.0. The van der Waals surface area contributed by atoms with Crippen LogP contribution in [0.25, 0.3) is 10.9 Å². The van der Waals surface area contributed by atoms with Gasteiger partial charge in [0.05, 0.1) is 5.52 Å². The van der Waals surface area contributed by atoms with Gasteiger partial charge >= 0.3 is 0 Å². The zero-order valence-corrected chi connectivity index (χ0v) is 12.0. The van der Waals surface area contributed by atoms with E-state index in [2.05, 4.69) is 11.1 Å². The van der Waals surface area contributed by atoms with Crippen LogP contribution in [0.3, 0.4) is 0 Å². The van der Waals surface area contributed by atoms with Crippen molar-refractivity contribution in [1.29, 1.82) is 0 Å². The lowest BCUT2D eigenvalue weighted by molar-refractivity contribution is 0.0984. The molecule has 2 N–H and O–H groups in total. The molecule has 1 aromatic carbocycles. The van der Waals surface area contributed by atoms with Gasteiger partial charge in [-0.3, -0.25) is 4.98 Å². The van der Waals surface area contributed by atoms with Gasteiger partial charge in [0, 0.05) is 23.1 Å². The van der Waals surface area contributed by atoms with Crippen molar-refractivity contribution in [3.05, 3.63) is 36.0 Å².